The van der Waals surface area contributed by atoms with Crippen molar-refractivity contribution in [1.29, 1.82) is 0 Å². The summed E-state index contributed by atoms with van der Waals surface area (Å²) in [6.45, 7) is 1.62. The third-order valence-corrected chi connectivity index (χ3v) is 9.09. The number of halogens is 5. The number of anilines is 1. The predicted octanol–water partition coefficient (Wildman–Crippen LogP) is 5.61. The minimum absolute atomic E-state index is 0.0749. The fourth-order valence-corrected chi connectivity index (χ4v) is 6.39. The number of aliphatic hydroxyl groups excluding tert-OH is 2. The standard InChI is InChI=1S/C38H38F5N3O8/c1-37-14-6-15-46(37)45(22-24-11-10-23(31(39)32(24)40)7-5-17-53-19-20-54-18-16-47)36(50)30(34(37)48)35(49)44-28-13-12-25(38(41,42)43)21-27(28)26-8-4-9-29(51-2)33(26)52-3/h4,8-13,21,47-48H,6,14-20,22H2,1-3H3,(H,44,49). The summed E-state index contributed by atoms with van der Waals surface area (Å²) in [5.74, 6) is 0.0514. The molecule has 0 radical (unpaired) electrons. The van der Waals surface area contributed by atoms with E-state index in [9.17, 15) is 27.9 Å². The molecular formula is C38H38F5N3O8. The summed E-state index contributed by atoms with van der Waals surface area (Å²) >= 11 is 0. The molecule has 54 heavy (non-hydrogen) atoms. The van der Waals surface area contributed by atoms with E-state index in [2.05, 4.69) is 17.2 Å². The zero-order valence-corrected chi connectivity index (χ0v) is 29.6. The number of hydrazine groups is 1. The van der Waals surface area contributed by atoms with Gasteiger partial charge < -0.3 is 34.5 Å². The number of nitrogens with one attached hydrogen (secondary N) is 1. The quantitative estimate of drug-likeness (QED) is 0.0882. The molecule has 11 nitrogen and oxygen atoms in total. The van der Waals surface area contributed by atoms with Gasteiger partial charge >= 0.3 is 6.18 Å². The third-order valence-electron chi connectivity index (χ3n) is 9.09. The summed E-state index contributed by atoms with van der Waals surface area (Å²) in [6.07, 6.45) is -4.00. The number of para-hydroxylation sites is 1. The molecule has 1 saturated heterocycles. The highest BCUT2D eigenvalue weighted by Crippen LogP contribution is 2.45. The summed E-state index contributed by atoms with van der Waals surface area (Å²) in [5.41, 5.74) is -3.70. The Balaban J connectivity index is 1.44. The smallest absolute Gasteiger partial charge is 0.416 e. The lowest BCUT2D eigenvalue weighted by molar-refractivity contribution is -0.160. The molecule has 2 aliphatic rings. The van der Waals surface area contributed by atoms with Crippen LogP contribution in [0.2, 0.25) is 0 Å². The number of nitrogens with zero attached hydrogens (tertiary/aromatic N) is 2. The first-order valence-corrected chi connectivity index (χ1v) is 16.8. The molecule has 1 fully saturated rings. The second kappa shape index (κ2) is 16.9. The van der Waals surface area contributed by atoms with Crippen LogP contribution in [0.25, 0.3) is 11.1 Å². The van der Waals surface area contributed by atoms with E-state index in [0.29, 0.717) is 6.42 Å². The molecule has 5 rings (SSSR count). The number of rotatable bonds is 13. The van der Waals surface area contributed by atoms with Crippen LogP contribution in [0.5, 0.6) is 11.5 Å². The molecule has 1 unspecified atom stereocenters. The summed E-state index contributed by atoms with van der Waals surface area (Å²) in [5, 5.41) is 25.2. The SMILES string of the molecule is COc1cccc(-c2cc(C(F)(F)F)ccc2NC(=O)C2=C(O)C3(C)CCCN3N(Cc3ccc(C#CCOCCOCCO)c(F)c3F)C2=O)c1OC. The van der Waals surface area contributed by atoms with E-state index in [1.165, 1.54) is 49.6 Å². The number of hydrogen-bond donors (Lipinski definition) is 3. The van der Waals surface area contributed by atoms with E-state index in [1.54, 1.807) is 6.92 Å². The van der Waals surface area contributed by atoms with Crippen LogP contribution in [0, 0.1) is 23.5 Å². The normalized spacial score (nSPS) is 17.3. The fourth-order valence-electron chi connectivity index (χ4n) is 6.39. The first kappa shape index (κ1) is 40.0. The molecule has 0 spiro atoms. The second-order valence-electron chi connectivity index (χ2n) is 12.4. The molecule has 3 N–H and O–H groups in total. The van der Waals surface area contributed by atoms with Gasteiger partial charge in [-0.05, 0) is 50.1 Å². The molecule has 16 heteroatoms. The molecule has 2 amide bonds. The van der Waals surface area contributed by atoms with Gasteiger partial charge in [-0.2, -0.15) is 13.2 Å². The Hall–Kier alpha value is -5.21. The van der Waals surface area contributed by atoms with Gasteiger partial charge in [0.2, 0.25) is 0 Å². The third kappa shape index (κ3) is 8.14. The Labute approximate surface area is 307 Å². The van der Waals surface area contributed by atoms with Crippen LogP contribution < -0.4 is 14.8 Å². The Bertz CT molecular complexity index is 1990. The first-order valence-electron chi connectivity index (χ1n) is 16.8. The highest BCUT2D eigenvalue weighted by molar-refractivity contribution is 6.24. The van der Waals surface area contributed by atoms with Gasteiger partial charge in [0.05, 0.1) is 63.9 Å². The Morgan fingerprint density at radius 1 is 1.00 bits per heavy atom. The number of aliphatic hydroxyl groups is 2. The van der Waals surface area contributed by atoms with Crippen LogP contribution in [0.3, 0.4) is 0 Å². The fraction of sp³-hybridized carbons (Fsp3) is 0.368. The van der Waals surface area contributed by atoms with E-state index < -0.39 is 58.6 Å². The zero-order valence-electron chi connectivity index (χ0n) is 29.6. The summed E-state index contributed by atoms with van der Waals surface area (Å²) in [7, 11) is 2.64. The largest absolute Gasteiger partial charge is 0.509 e. The summed E-state index contributed by atoms with van der Waals surface area (Å²) in [4.78, 5) is 28.1. The number of benzene rings is 3. The topological polar surface area (TPSA) is 130 Å². The first-order chi connectivity index (χ1) is 25.8. The van der Waals surface area contributed by atoms with Crippen molar-refractivity contribution in [2.45, 2.75) is 38.0 Å². The van der Waals surface area contributed by atoms with Gasteiger partial charge in [0.25, 0.3) is 11.8 Å². The maximum absolute atomic E-state index is 15.5. The van der Waals surface area contributed by atoms with Gasteiger partial charge in [-0.3, -0.25) is 14.6 Å². The highest BCUT2D eigenvalue weighted by Gasteiger charge is 2.53. The number of hydrogen-bond acceptors (Lipinski definition) is 9. The molecular weight excluding hydrogens is 721 g/mol. The number of alkyl halides is 3. The van der Waals surface area contributed by atoms with Crippen molar-refractivity contribution in [3.63, 3.8) is 0 Å². The van der Waals surface area contributed by atoms with Gasteiger partial charge in [-0.15, -0.1) is 0 Å². The average Bonchev–Trinajstić information content (AvgIpc) is 3.55. The van der Waals surface area contributed by atoms with Crippen molar-refractivity contribution in [1.82, 2.24) is 10.0 Å². The van der Waals surface area contributed by atoms with Crippen LogP contribution in [0.1, 0.15) is 36.5 Å². The lowest BCUT2D eigenvalue weighted by Crippen LogP contribution is -2.60. The Morgan fingerprint density at radius 2 is 1.76 bits per heavy atom. The van der Waals surface area contributed by atoms with E-state index in [1.807, 2.05) is 0 Å². The molecule has 0 bridgehead atoms. The monoisotopic (exact) mass is 759 g/mol. The van der Waals surface area contributed by atoms with Crippen LogP contribution >= 0.6 is 0 Å². The minimum atomic E-state index is -4.75. The summed E-state index contributed by atoms with van der Waals surface area (Å²) < 4.78 is 93.4. The van der Waals surface area contributed by atoms with Gasteiger partial charge in [0.1, 0.15) is 17.9 Å². The van der Waals surface area contributed by atoms with Crippen molar-refractivity contribution in [2.75, 3.05) is 59.1 Å². The number of methoxy groups -OCH3 is 2. The van der Waals surface area contributed by atoms with Gasteiger partial charge in [0.15, 0.2) is 23.1 Å². The highest BCUT2D eigenvalue weighted by atomic mass is 19.4. The van der Waals surface area contributed by atoms with Crippen LogP contribution in [0.4, 0.5) is 27.6 Å². The number of fused-ring (bicyclic) bond motifs is 1. The van der Waals surface area contributed by atoms with Crippen LogP contribution in [-0.4, -0.2) is 91.4 Å². The van der Waals surface area contributed by atoms with E-state index in [0.717, 1.165) is 23.2 Å². The number of amides is 2. The minimum Gasteiger partial charge on any atom is -0.509 e. The molecule has 0 saturated carbocycles. The summed E-state index contributed by atoms with van der Waals surface area (Å²) in [6, 6.07) is 9.59. The van der Waals surface area contributed by atoms with Crippen molar-refractivity contribution in [3.8, 4) is 34.5 Å². The van der Waals surface area contributed by atoms with E-state index in [-0.39, 0.29) is 85.4 Å². The molecule has 3 aromatic rings. The molecule has 288 valence electrons. The van der Waals surface area contributed by atoms with Gasteiger partial charge in [-0.1, -0.05) is 30.0 Å². The predicted molar refractivity (Wildman–Crippen MR) is 185 cm³/mol. The van der Waals surface area contributed by atoms with E-state index >= 15 is 8.78 Å². The van der Waals surface area contributed by atoms with Crippen LogP contribution in [0.15, 0.2) is 59.9 Å². The molecule has 0 aliphatic carbocycles. The van der Waals surface area contributed by atoms with Crippen molar-refractivity contribution >= 4 is 17.5 Å². The molecule has 1 atom stereocenters. The maximum Gasteiger partial charge on any atom is 0.416 e. The van der Waals surface area contributed by atoms with Crippen molar-refractivity contribution in [2.24, 2.45) is 0 Å². The Morgan fingerprint density at radius 3 is 2.46 bits per heavy atom. The zero-order chi connectivity index (χ0) is 39.2. The lowest BCUT2D eigenvalue weighted by Gasteiger charge is -2.46. The number of ether oxygens (including phenoxy) is 4. The van der Waals surface area contributed by atoms with E-state index in [4.69, 9.17) is 24.1 Å². The number of carbonyl (C=O) groups excluding carboxylic acids is 2. The second-order valence-corrected chi connectivity index (χ2v) is 12.4. The van der Waals surface area contributed by atoms with Crippen molar-refractivity contribution in [3.05, 3.63) is 88.2 Å². The van der Waals surface area contributed by atoms with Gasteiger partial charge in [-0.25, -0.2) is 13.8 Å². The van der Waals surface area contributed by atoms with Gasteiger partial charge in [0, 0.05) is 28.9 Å². The lowest BCUT2D eigenvalue weighted by atomic mass is 9.90. The molecule has 0 aromatic heterocycles. The average molecular weight is 760 g/mol. The van der Waals surface area contributed by atoms with Crippen molar-refractivity contribution < 1.29 is 60.7 Å². The van der Waals surface area contributed by atoms with Crippen LogP contribution in [-0.2, 0) is 31.8 Å². The molecule has 2 aliphatic heterocycles. The number of carbonyl (C=O) groups is 2. The molecule has 2 heterocycles. The maximum atomic E-state index is 15.5. The molecule has 3 aromatic carbocycles. The Kier molecular flexibility index (Phi) is 12.5.